The van der Waals surface area contributed by atoms with E-state index >= 15 is 0 Å². The van der Waals surface area contributed by atoms with E-state index in [2.05, 4.69) is 13.8 Å². The highest BCUT2D eigenvalue weighted by Crippen LogP contribution is 2.43. The number of hydrogen-bond acceptors (Lipinski definition) is 1. The Bertz CT molecular complexity index is 159. The molecule has 1 atom stereocenters. The molecule has 0 aromatic carbocycles. The van der Waals surface area contributed by atoms with Crippen molar-refractivity contribution in [3.8, 4) is 0 Å². The van der Waals surface area contributed by atoms with Crippen molar-refractivity contribution in [1.29, 1.82) is 0 Å². The van der Waals surface area contributed by atoms with Gasteiger partial charge in [-0.15, -0.1) is 0 Å². The molecule has 0 saturated heterocycles. The zero-order valence-electron chi connectivity index (χ0n) is 10.7. The summed E-state index contributed by atoms with van der Waals surface area (Å²) >= 11 is 0. The minimum Gasteiger partial charge on any atom is -0.330 e. The zero-order chi connectivity index (χ0) is 11.1. The average Bonchev–Trinajstić information content (AvgIpc) is 2.73. The maximum absolute atomic E-state index is 6.00. The van der Waals surface area contributed by atoms with Crippen molar-refractivity contribution in [3.05, 3.63) is 0 Å². The monoisotopic (exact) mass is 211 g/mol. The molecule has 1 rings (SSSR count). The molecule has 0 spiro atoms. The fourth-order valence-electron chi connectivity index (χ4n) is 3.17. The van der Waals surface area contributed by atoms with Gasteiger partial charge in [0.1, 0.15) is 0 Å². The fraction of sp³-hybridized carbons (Fsp3) is 1.00. The SMILES string of the molecule is CCCCC(CC)CC1(CN)CCCC1. The molecule has 90 valence electrons. The van der Waals surface area contributed by atoms with Crippen LogP contribution in [0.15, 0.2) is 0 Å². The molecular formula is C14H29N. The number of nitrogens with two attached hydrogens (primary N) is 1. The van der Waals surface area contributed by atoms with Gasteiger partial charge in [0.25, 0.3) is 0 Å². The van der Waals surface area contributed by atoms with Gasteiger partial charge in [-0.05, 0) is 37.1 Å². The quantitative estimate of drug-likeness (QED) is 0.674. The molecule has 1 saturated carbocycles. The second-order valence-electron chi connectivity index (χ2n) is 5.53. The van der Waals surface area contributed by atoms with Gasteiger partial charge in [0.2, 0.25) is 0 Å². The van der Waals surface area contributed by atoms with Gasteiger partial charge in [0.15, 0.2) is 0 Å². The van der Waals surface area contributed by atoms with Crippen LogP contribution in [0.3, 0.4) is 0 Å². The van der Waals surface area contributed by atoms with Crippen molar-refractivity contribution in [3.63, 3.8) is 0 Å². The second-order valence-corrected chi connectivity index (χ2v) is 5.53. The normalized spacial score (nSPS) is 21.8. The smallest absolute Gasteiger partial charge is 0.00204 e. The van der Waals surface area contributed by atoms with E-state index in [1.54, 1.807) is 0 Å². The van der Waals surface area contributed by atoms with Crippen LogP contribution >= 0.6 is 0 Å². The van der Waals surface area contributed by atoms with Gasteiger partial charge in [-0.2, -0.15) is 0 Å². The van der Waals surface area contributed by atoms with Gasteiger partial charge in [-0.25, -0.2) is 0 Å². The van der Waals surface area contributed by atoms with E-state index in [-0.39, 0.29) is 0 Å². The molecule has 0 aliphatic heterocycles. The van der Waals surface area contributed by atoms with Crippen molar-refractivity contribution < 1.29 is 0 Å². The Morgan fingerprint density at radius 2 is 1.87 bits per heavy atom. The predicted octanol–water partition coefficient (Wildman–Crippen LogP) is 4.11. The van der Waals surface area contributed by atoms with E-state index in [9.17, 15) is 0 Å². The molecule has 0 heterocycles. The predicted molar refractivity (Wildman–Crippen MR) is 67.9 cm³/mol. The Kier molecular flexibility index (Phi) is 5.66. The van der Waals surface area contributed by atoms with E-state index in [4.69, 9.17) is 5.73 Å². The molecule has 0 radical (unpaired) electrons. The lowest BCUT2D eigenvalue weighted by atomic mass is 9.75. The first-order valence-electron chi connectivity index (χ1n) is 6.96. The molecule has 0 amide bonds. The largest absolute Gasteiger partial charge is 0.330 e. The summed E-state index contributed by atoms with van der Waals surface area (Å²) in [5.41, 5.74) is 6.54. The zero-order valence-corrected chi connectivity index (χ0v) is 10.7. The summed E-state index contributed by atoms with van der Waals surface area (Å²) in [7, 11) is 0. The van der Waals surface area contributed by atoms with Gasteiger partial charge >= 0.3 is 0 Å². The fourth-order valence-corrected chi connectivity index (χ4v) is 3.17. The van der Waals surface area contributed by atoms with Crippen LogP contribution in [0.4, 0.5) is 0 Å². The van der Waals surface area contributed by atoms with Crippen LogP contribution < -0.4 is 5.73 Å². The van der Waals surface area contributed by atoms with Crippen LogP contribution in [0.1, 0.15) is 71.6 Å². The molecule has 1 heteroatoms. The highest BCUT2D eigenvalue weighted by molar-refractivity contribution is 4.87. The lowest BCUT2D eigenvalue weighted by Crippen LogP contribution is -2.29. The minimum atomic E-state index is 0.536. The third-order valence-corrected chi connectivity index (χ3v) is 4.36. The van der Waals surface area contributed by atoms with Gasteiger partial charge in [-0.1, -0.05) is 52.4 Å². The minimum absolute atomic E-state index is 0.536. The molecule has 15 heavy (non-hydrogen) atoms. The molecule has 1 nitrogen and oxygen atoms in total. The maximum Gasteiger partial charge on any atom is -0.00204 e. The Labute approximate surface area is 95.8 Å². The molecule has 1 aliphatic rings. The topological polar surface area (TPSA) is 26.0 Å². The van der Waals surface area contributed by atoms with E-state index in [1.165, 1.54) is 57.8 Å². The van der Waals surface area contributed by atoms with Crippen molar-refractivity contribution >= 4 is 0 Å². The van der Waals surface area contributed by atoms with Crippen LogP contribution in [0.5, 0.6) is 0 Å². The summed E-state index contributed by atoms with van der Waals surface area (Å²) in [5, 5.41) is 0. The van der Waals surface area contributed by atoms with E-state index < -0.39 is 0 Å². The lowest BCUT2D eigenvalue weighted by Gasteiger charge is -2.31. The molecule has 1 fully saturated rings. The Morgan fingerprint density at radius 3 is 2.33 bits per heavy atom. The Morgan fingerprint density at radius 1 is 1.20 bits per heavy atom. The summed E-state index contributed by atoms with van der Waals surface area (Å²) in [6.45, 7) is 5.57. The Hall–Kier alpha value is -0.0400. The first-order valence-corrected chi connectivity index (χ1v) is 6.96. The number of unbranched alkanes of at least 4 members (excludes halogenated alkanes) is 1. The van der Waals surface area contributed by atoms with Crippen LogP contribution in [-0.2, 0) is 0 Å². The first-order chi connectivity index (χ1) is 7.26. The summed E-state index contributed by atoms with van der Waals surface area (Å²) in [6.07, 6.45) is 12.5. The van der Waals surface area contributed by atoms with Crippen molar-refractivity contribution in [2.75, 3.05) is 6.54 Å². The molecule has 0 aromatic heterocycles. The summed E-state index contributed by atoms with van der Waals surface area (Å²) in [6, 6.07) is 0. The van der Waals surface area contributed by atoms with Crippen molar-refractivity contribution in [2.24, 2.45) is 17.1 Å². The van der Waals surface area contributed by atoms with E-state index in [1.807, 2.05) is 0 Å². The second kappa shape index (κ2) is 6.52. The van der Waals surface area contributed by atoms with Crippen LogP contribution in [0, 0.1) is 11.3 Å². The van der Waals surface area contributed by atoms with Crippen LogP contribution in [0.25, 0.3) is 0 Å². The molecule has 1 aliphatic carbocycles. The van der Waals surface area contributed by atoms with Crippen molar-refractivity contribution in [1.82, 2.24) is 0 Å². The summed E-state index contributed by atoms with van der Waals surface area (Å²) in [5.74, 6) is 0.937. The highest BCUT2D eigenvalue weighted by Gasteiger charge is 2.33. The molecule has 0 aromatic rings. The number of rotatable bonds is 7. The van der Waals surface area contributed by atoms with Gasteiger partial charge in [0.05, 0.1) is 0 Å². The third-order valence-electron chi connectivity index (χ3n) is 4.36. The highest BCUT2D eigenvalue weighted by atomic mass is 14.6. The molecule has 2 N–H and O–H groups in total. The van der Waals surface area contributed by atoms with Crippen molar-refractivity contribution in [2.45, 2.75) is 71.6 Å². The maximum atomic E-state index is 6.00. The third kappa shape index (κ3) is 3.79. The Balaban J connectivity index is 2.40. The summed E-state index contributed by atoms with van der Waals surface area (Å²) in [4.78, 5) is 0. The van der Waals surface area contributed by atoms with Gasteiger partial charge < -0.3 is 5.73 Å². The van der Waals surface area contributed by atoms with Crippen LogP contribution in [0.2, 0.25) is 0 Å². The standard InChI is InChI=1S/C14H29N/c1-3-5-8-13(4-2)11-14(12-15)9-6-7-10-14/h13H,3-12,15H2,1-2H3. The lowest BCUT2D eigenvalue weighted by molar-refractivity contribution is 0.215. The molecular weight excluding hydrogens is 182 g/mol. The van der Waals surface area contributed by atoms with Gasteiger partial charge in [-0.3, -0.25) is 0 Å². The summed E-state index contributed by atoms with van der Waals surface area (Å²) < 4.78 is 0. The average molecular weight is 211 g/mol. The van der Waals surface area contributed by atoms with Gasteiger partial charge in [0, 0.05) is 0 Å². The van der Waals surface area contributed by atoms with Crippen LogP contribution in [-0.4, -0.2) is 6.54 Å². The molecule has 1 unspecified atom stereocenters. The first kappa shape index (κ1) is 13.0. The van der Waals surface area contributed by atoms with E-state index in [0.29, 0.717) is 5.41 Å². The molecule has 0 bridgehead atoms. The number of hydrogen-bond donors (Lipinski definition) is 1. The van der Waals surface area contributed by atoms with E-state index in [0.717, 1.165) is 12.5 Å².